The molecule has 2 aromatic rings. The van der Waals surface area contributed by atoms with Gasteiger partial charge in [-0.3, -0.25) is 24.0 Å². The van der Waals surface area contributed by atoms with Gasteiger partial charge in [-0.05, 0) is 23.3 Å². The Morgan fingerprint density at radius 3 is 2.26 bits per heavy atom. The van der Waals surface area contributed by atoms with Gasteiger partial charge in [-0.25, -0.2) is 8.42 Å². The number of fused-ring (bicyclic) bond motifs is 1. The highest BCUT2D eigenvalue weighted by Gasteiger charge is 2.51. The van der Waals surface area contributed by atoms with Gasteiger partial charge in [0.2, 0.25) is 11.6 Å². The molecule has 31 heavy (non-hydrogen) atoms. The highest BCUT2D eigenvalue weighted by molar-refractivity contribution is 7.89. The van der Waals surface area contributed by atoms with E-state index in [4.69, 9.17) is 0 Å². The molecule has 1 heterocycles. The van der Waals surface area contributed by atoms with Gasteiger partial charge in [-0.2, -0.15) is 5.26 Å². The van der Waals surface area contributed by atoms with Crippen LogP contribution in [0.5, 0.6) is 0 Å². The van der Waals surface area contributed by atoms with Gasteiger partial charge in [0.25, 0.3) is 15.7 Å². The zero-order valence-electron chi connectivity index (χ0n) is 15.7. The molecule has 0 N–H and O–H groups in total. The topological polar surface area (TPSA) is 138 Å². The monoisotopic (exact) mass is 435 g/mol. The largest absolute Gasteiger partial charge is 0.290 e. The number of nitriles is 1. The fourth-order valence-corrected chi connectivity index (χ4v) is 5.24. The lowest BCUT2D eigenvalue weighted by molar-refractivity contribution is -0.384. The Labute approximate surface area is 176 Å². The van der Waals surface area contributed by atoms with Gasteiger partial charge in [0, 0.05) is 24.4 Å². The first-order chi connectivity index (χ1) is 14.8. The summed E-state index contributed by atoms with van der Waals surface area (Å²) in [6.45, 7) is 0. The van der Waals surface area contributed by atoms with Crippen molar-refractivity contribution in [2.75, 3.05) is 0 Å². The van der Waals surface area contributed by atoms with Crippen molar-refractivity contribution >= 4 is 32.9 Å². The maximum absolute atomic E-state index is 13.4. The second-order valence-electron chi connectivity index (χ2n) is 6.90. The summed E-state index contributed by atoms with van der Waals surface area (Å²) in [5.41, 5.74) is 0.409. The summed E-state index contributed by atoms with van der Waals surface area (Å²) in [5, 5.41) is 20.4. The Hall–Kier alpha value is -4.10. The van der Waals surface area contributed by atoms with E-state index < -0.39 is 38.5 Å². The molecular weight excluding hydrogens is 422 g/mol. The number of non-ortho nitro benzene ring substituents is 1. The summed E-state index contributed by atoms with van der Waals surface area (Å²) >= 11 is 0. The minimum absolute atomic E-state index is 0.151. The molecule has 0 radical (unpaired) electrons. The lowest BCUT2D eigenvalue weighted by Crippen LogP contribution is -2.45. The van der Waals surface area contributed by atoms with Crippen LogP contribution in [-0.2, 0) is 19.6 Å². The van der Waals surface area contributed by atoms with Crippen molar-refractivity contribution in [3.63, 3.8) is 0 Å². The molecule has 9 nitrogen and oxygen atoms in total. The number of nitrogens with zero attached hydrogens (tertiary/aromatic N) is 3. The zero-order valence-corrected chi connectivity index (χ0v) is 16.5. The molecule has 2 aliphatic rings. The average molecular weight is 435 g/mol. The van der Waals surface area contributed by atoms with Crippen molar-refractivity contribution in [1.82, 2.24) is 4.31 Å². The number of rotatable bonds is 4. The van der Waals surface area contributed by atoms with E-state index in [1.807, 2.05) is 6.07 Å². The third kappa shape index (κ3) is 3.21. The number of allylic oxidation sites excluding steroid dienone is 1. The lowest BCUT2D eigenvalue weighted by Gasteiger charge is -2.30. The van der Waals surface area contributed by atoms with Crippen LogP contribution in [0.1, 0.15) is 5.56 Å². The minimum Gasteiger partial charge on any atom is -0.290 e. The first-order valence-corrected chi connectivity index (χ1v) is 10.4. The summed E-state index contributed by atoms with van der Waals surface area (Å²) in [7, 11) is -4.30. The summed E-state index contributed by atoms with van der Waals surface area (Å²) in [6.07, 6.45) is 2.12. The number of sulfonamides is 1. The second-order valence-corrected chi connectivity index (χ2v) is 8.74. The minimum atomic E-state index is -4.30. The summed E-state index contributed by atoms with van der Waals surface area (Å²) in [5.74, 6) is -2.84. The van der Waals surface area contributed by atoms with Crippen LogP contribution >= 0.6 is 0 Å². The van der Waals surface area contributed by atoms with Gasteiger partial charge in [0.05, 0.1) is 33.4 Å². The van der Waals surface area contributed by atoms with Crippen LogP contribution in [0.25, 0.3) is 5.57 Å². The van der Waals surface area contributed by atoms with Crippen LogP contribution in [0.15, 0.2) is 77.3 Å². The number of nitro benzene ring substituents is 1. The molecule has 1 aliphatic carbocycles. The van der Waals surface area contributed by atoms with Gasteiger partial charge >= 0.3 is 0 Å². The molecule has 0 fully saturated rings. The number of benzene rings is 2. The Kier molecular flexibility index (Phi) is 4.75. The smallest absolute Gasteiger partial charge is 0.269 e. The van der Waals surface area contributed by atoms with Crippen molar-refractivity contribution in [3.8, 4) is 6.07 Å². The van der Waals surface area contributed by atoms with Gasteiger partial charge in [0.1, 0.15) is 0 Å². The maximum Gasteiger partial charge on any atom is 0.269 e. The van der Waals surface area contributed by atoms with Crippen LogP contribution in [0, 0.1) is 27.4 Å². The molecule has 2 aromatic carbocycles. The first-order valence-electron chi connectivity index (χ1n) is 9.00. The molecular formula is C21H13N3O6S. The Bertz CT molecular complexity index is 1320. The van der Waals surface area contributed by atoms with Gasteiger partial charge in [0.15, 0.2) is 0 Å². The first kappa shape index (κ1) is 20.2. The number of hydrogen-bond acceptors (Lipinski definition) is 7. The molecule has 2 atom stereocenters. The lowest BCUT2D eigenvalue weighted by atomic mass is 9.78. The van der Waals surface area contributed by atoms with Crippen LogP contribution < -0.4 is 0 Å². The standard InChI is InChI=1S/C21H13N3O6S/c22-11-14-10-18(25)21(26)19-17(13-4-2-1-3-5-13)12-23(20(14)19)31(29,30)16-8-6-15(7-9-16)24(27)28/h1-10,12,19-20H. The normalized spacial score (nSPS) is 20.5. The van der Waals surface area contributed by atoms with Crippen LogP contribution in [0.3, 0.4) is 0 Å². The molecule has 0 saturated heterocycles. The SMILES string of the molecule is N#CC1=CC(=O)C(=O)C2C(c3ccccc3)=CN(S(=O)(=O)c3ccc([N+](=O)[O-])cc3)C12. The van der Waals surface area contributed by atoms with Crippen LogP contribution in [-0.4, -0.2) is 35.3 Å². The van der Waals surface area contributed by atoms with E-state index in [9.17, 15) is 33.4 Å². The van der Waals surface area contributed by atoms with Crippen LogP contribution in [0.4, 0.5) is 5.69 Å². The van der Waals surface area contributed by atoms with Gasteiger partial charge in [-0.15, -0.1) is 0 Å². The quantitative estimate of drug-likeness (QED) is 0.408. The summed E-state index contributed by atoms with van der Waals surface area (Å²) < 4.78 is 27.6. The second kappa shape index (κ2) is 7.30. The Morgan fingerprint density at radius 1 is 1.03 bits per heavy atom. The highest BCUT2D eigenvalue weighted by Crippen LogP contribution is 2.43. The van der Waals surface area contributed by atoms with E-state index >= 15 is 0 Å². The molecule has 154 valence electrons. The summed E-state index contributed by atoms with van der Waals surface area (Å²) in [6, 6.07) is 13.4. The number of ketones is 2. The molecule has 10 heteroatoms. The molecule has 4 rings (SSSR count). The Balaban J connectivity index is 1.89. The third-order valence-corrected chi connectivity index (χ3v) is 6.94. The van der Waals surface area contributed by atoms with E-state index in [1.54, 1.807) is 30.3 Å². The maximum atomic E-state index is 13.4. The number of hydrogen-bond donors (Lipinski definition) is 0. The van der Waals surface area contributed by atoms with Gasteiger partial charge < -0.3 is 0 Å². The fourth-order valence-electron chi connectivity index (χ4n) is 3.73. The van der Waals surface area contributed by atoms with Crippen molar-refractivity contribution in [1.29, 1.82) is 5.26 Å². The molecule has 0 bridgehead atoms. The van der Waals surface area contributed by atoms with E-state index in [0.717, 1.165) is 34.6 Å². The van der Waals surface area contributed by atoms with Crippen molar-refractivity contribution in [2.45, 2.75) is 10.9 Å². The summed E-state index contributed by atoms with van der Waals surface area (Å²) in [4.78, 5) is 34.9. The van der Waals surface area contributed by atoms with Gasteiger partial charge in [-0.1, -0.05) is 30.3 Å². The zero-order chi connectivity index (χ0) is 22.3. The number of carbonyl (C=O) groups excluding carboxylic acids is 2. The van der Waals surface area contributed by atoms with Crippen molar-refractivity contribution in [3.05, 3.63) is 88.1 Å². The number of nitro groups is 1. The molecule has 0 saturated carbocycles. The molecule has 2 unspecified atom stereocenters. The van der Waals surface area contributed by atoms with E-state index in [-0.39, 0.29) is 16.2 Å². The molecule has 1 aliphatic heterocycles. The van der Waals surface area contributed by atoms with E-state index in [2.05, 4.69) is 0 Å². The molecule has 0 amide bonds. The third-order valence-electron chi connectivity index (χ3n) is 5.18. The number of carbonyl (C=O) groups is 2. The van der Waals surface area contributed by atoms with E-state index in [0.29, 0.717) is 11.1 Å². The predicted octanol–water partition coefficient (Wildman–Crippen LogP) is 2.23. The highest BCUT2D eigenvalue weighted by atomic mass is 32.2. The number of Topliss-reactive ketones (excluding diaryl/α,β-unsaturated/α-hetero) is 1. The average Bonchev–Trinajstić information content (AvgIpc) is 3.19. The predicted molar refractivity (Wildman–Crippen MR) is 108 cm³/mol. The Morgan fingerprint density at radius 2 is 1.68 bits per heavy atom. The van der Waals surface area contributed by atoms with Crippen molar-refractivity contribution < 1.29 is 22.9 Å². The molecule has 0 aromatic heterocycles. The van der Waals surface area contributed by atoms with Crippen molar-refractivity contribution in [2.24, 2.45) is 5.92 Å². The van der Waals surface area contributed by atoms with Crippen LogP contribution in [0.2, 0.25) is 0 Å². The molecule has 0 spiro atoms. The van der Waals surface area contributed by atoms with E-state index in [1.165, 1.54) is 6.20 Å². The fraction of sp³-hybridized carbons (Fsp3) is 0.0952.